The molecule has 0 atom stereocenters. The van der Waals surface area contributed by atoms with E-state index in [1.807, 2.05) is 24.3 Å². The van der Waals surface area contributed by atoms with Crippen LogP contribution in [0.2, 0.25) is 0 Å². The molecule has 0 amide bonds. The molecular formula is C19H18N6O. The van der Waals surface area contributed by atoms with E-state index in [1.54, 1.807) is 13.3 Å². The number of rotatable bonds is 4. The van der Waals surface area contributed by atoms with Gasteiger partial charge in [-0.2, -0.15) is 9.97 Å². The topological polar surface area (TPSA) is 112 Å². The first-order valence-corrected chi connectivity index (χ1v) is 8.13. The third kappa shape index (κ3) is 2.79. The maximum atomic E-state index is 5.93. The lowest BCUT2D eigenvalue weighted by Gasteiger charge is -2.14. The van der Waals surface area contributed by atoms with Gasteiger partial charge in [0.15, 0.2) is 5.65 Å². The van der Waals surface area contributed by atoms with Gasteiger partial charge in [0.25, 0.3) is 0 Å². The van der Waals surface area contributed by atoms with Gasteiger partial charge in [0.2, 0.25) is 5.95 Å². The van der Waals surface area contributed by atoms with E-state index in [0.29, 0.717) is 23.4 Å². The van der Waals surface area contributed by atoms with E-state index in [-0.39, 0.29) is 5.95 Å². The second-order valence-electron chi connectivity index (χ2n) is 5.88. The fourth-order valence-electron chi connectivity index (χ4n) is 3.03. The molecule has 130 valence electrons. The Labute approximate surface area is 150 Å². The van der Waals surface area contributed by atoms with Crippen molar-refractivity contribution in [3.63, 3.8) is 0 Å². The van der Waals surface area contributed by atoms with Gasteiger partial charge in [0, 0.05) is 12.1 Å². The molecular weight excluding hydrogens is 328 g/mol. The average molecular weight is 346 g/mol. The Morgan fingerprint density at radius 3 is 2.73 bits per heavy atom. The van der Waals surface area contributed by atoms with Crippen molar-refractivity contribution in [2.45, 2.75) is 6.54 Å². The van der Waals surface area contributed by atoms with Crippen LogP contribution in [0.4, 0.5) is 17.5 Å². The van der Waals surface area contributed by atoms with Gasteiger partial charge in [-0.25, -0.2) is 4.98 Å². The van der Waals surface area contributed by atoms with Crippen LogP contribution in [0.5, 0.6) is 5.75 Å². The molecule has 0 saturated heterocycles. The van der Waals surface area contributed by atoms with Crippen LogP contribution in [-0.2, 0) is 6.54 Å². The van der Waals surface area contributed by atoms with Crippen LogP contribution < -0.4 is 21.5 Å². The van der Waals surface area contributed by atoms with Crippen molar-refractivity contribution in [3.8, 4) is 5.75 Å². The summed E-state index contributed by atoms with van der Waals surface area (Å²) in [6, 6.07) is 14.1. The maximum absolute atomic E-state index is 5.93. The number of nitrogens with two attached hydrogens (primary N) is 2. The molecule has 4 rings (SSSR count). The van der Waals surface area contributed by atoms with Crippen LogP contribution in [0.1, 0.15) is 5.56 Å². The molecule has 0 radical (unpaired) electrons. The van der Waals surface area contributed by atoms with Crippen LogP contribution in [0.15, 0.2) is 48.7 Å². The van der Waals surface area contributed by atoms with Gasteiger partial charge < -0.3 is 21.5 Å². The Morgan fingerprint density at radius 2 is 1.88 bits per heavy atom. The Kier molecular flexibility index (Phi) is 3.89. The lowest BCUT2D eigenvalue weighted by molar-refractivity contribution is 0.411. The highest BCUT2D eigenvalue weighted by Crippen LogP contribution is 2.29. The number of hydrogen-bond donors (Lipinski definition) is 3. The van der Waals surface area contributed by atoms with Crippen molar-refractivity contribution >= 4 is 39.3 Å². The van der Waals surface area contributed by atoms with E-state index in [4.69, 9.17) is 16.2 Å². The first-order valence-electron chi connectivity index (χ1n) is 8.13. The first kappa shape index (κ1) is 15.9. The lowest BCUT2D eigenvalue weighted by atomic mass is 10.0. The molecule has 7 heteroatoms. The van der Waals surface area contributed by atoms with E-state index in [1.165, 1.54) is 0 Å². The molecule has 0 spiro atoms. The van der Waals surface area contributed by atoms with Gasteiger partial charge in [-0.3, -0.25) is 0 Å². The summed E-state index contributed by atoms with van der Waals surface area (Å²) in [6.45, 7) is 0.577. The molecule has 0 saturated carbocycles. The molecule has 26 heavy (non-hydrogen) atoms. The highest BCUT2D eigenvalue weighted by Gasteiger charge is 2.10. The number of ether oxygens (including phenoxy) is 1. The summed E-state index contributed by atoms with van der Waals surface area (Å²) in [7, 11) is 1.67. The van der Waals surface area contributed by atoms with Gasteiger partial charge >= 0.3 is 0 Å². The fourth-order valence-corrected chi connectivity index (χ4v) is 3.03. The van der Waals surface area contributed by atoms with Crippen LogP contribution in [0.3, 0.4) is 0 Å². The number of benzene rings is 2. The minimum Gasteiger partial charge on any atom is -0.496 e. The van der Waals surface area contributed by atoms with E-state index >= 15 is 0 Å². The monoisotopic (exact) mass is 346 g/mol. The van der Waals surface area contributed by atoms with E-state index in [0.717, 1.165) is 27.8 Å². The summed E-state index contributed by atoms with van der Waals surface area (Å²) >= 11 is 0. The van der Waals surface area contributed by atoms with Crippen molar-refractivity contribution in [2.75, 3.05) is 23.9 Å². The van der Waals surface area contributed by atoms with Crippen molar-refractivity contribution in [1.82, 2.24) is 15.0 Å². The largest absolute Gasteiger partial charge is 0.496 e. The lowest BCUT2D eigenvalue weighted by Crippen LogP contribution is -2.05. The second-order valence-corrected chi connectivity index (χ2v) is 5.88. The first-order chi connectivity index (χ1) is 12.7. The second kappa shape index (κ2) is 6.36. The molecule has 0 bridgehead atoms. The Hall–Kier alpha value is -3.61. The fraction of sp³-hybridized carbons (Fsp3) is 0.105. The standard InChI is InChI=1S/C19H18N6O/c1-26-16-7-6-11-4-2-3-5-13(11)15(16)10-22-12-8-14-17(20)24-19(21)25-18(14)23-9-12/h2-9,22H,10H2,1H3,(H4,20,21,23,24,25). The zero-order valence-electron chi connectivity index (χ0n) is 14.2. The number of hydrogen-bond acceptors (Lipinski definition) is 7. The normalized spacial score (nSPS) is 11.0. The maximum Gasteiger partial charge on any atom is 0.224 e. The minimum atomic E-state index is 0.115. The van der Waals surface area contributed by atoms with Crippen molar-refractivity contribution in [2.24, 2.45) is 0 Å². The summed E-state index contributed by atoms with van der Waals surface area (Å²) in [6.07, 6.45) is 1.70. The number of fused-ring (bicyclic) bond motifs is 2. The SMILES string of the molecule is COc1ccc2ccccc2c1CNc1cnc2nc(N)nc(N)c2c1. The number of nitrogen functional groups attached to an aromatic ring is 2. The summed E-state index contributed by atoms with van der Waals surface area (Å²) in [5, 5.41) is 6.34. The highest BCUT2D eigenvalue weighted by atomic mass is 16.5. The van der Waals surface area contributed by atoms with Crippen LogP contribution >= 0.6 is 0 Å². The molecule has 2 aromatic carbocycles. The summed E-state index contributed by atoms with van der Waals surface area (Å²) in [4.78, 5) is 12.4. The highest BCUT2D eigenvalue weighted by molar-refractivity contribution is 5.89. The van der Waals surface area contributed by atoms with Crippen molar-refractivity contribution in [1.29, 1.82) is 0 Å². The molecule has 2 heterocycles. The number of pyridine rings is 1. The van der Waals surface area contributed by atoms with Crippen LogP contribution in [-0.4, -0.2) is 22.1 Å². The van der Waals surface area contributed by atoms with Gasteiger partial charge in [-0.05, 0) is 22.9 Å². The number of methoxy groups -OCH3 is 1. The van der Waals surface area contributed by atoms with E-state index in [9.17, 15) is 0 Å². The van der Waals surface area contributed by atoms with Gasteiger partial charge in [0.05, 0.1) is 24.4 Å². The van der Waals surface area contributed by atoms with Crippen LogP contribution in [0, 0.1) is 0 Å². The Morgan fingerprint density at radius 1 is 1.04 bits per heavy atom. The number of nitrogens with one attached hydrogen (secondary N) is 1. The smallest absolute Gasteiger partial charge is 0.224 e. The number of aromatic nitrogens is 3. The third-order valence-electron chi connectivity index (χ3n) is 4.28. The van der Waals surface area contributed by atoms with Crippen molar-refractivity contribution < 1.29 is 4.74 Å². The van der Waals surface area contributed by atoms with Gasteiger partial charge in [-0.1, -0.05) is 30.3 Å². The zero-order chi connectivity index (χ0) is 18.1. The summed E-state index contributed by atoms with van der Waals surface area (Å²) < 4.78 is 5.53. The quantitative estimate of drug-likeness (QED) is 0.521. The van der Waals surface area contributed by atoms with Crippen molar-refractivity contribution in [3.05, 3.63) is 54.2 Å². The molecule has 2 aromatic heterocycles. The predicted molar refractivity (Wildman–Crippen MR) is 104 cm³/mol. The third-order valence-corrected chi connectivity index (χ3v) is 4.28. The molecule has 0 aliphatic heterocycles. The molecule has 5 N–H and O–H groups in total. The molecule has 0 aliphatic rings. The van der Waals surface area contributed by atoms with Crippen LogP contribution in [0.25, 0.3) is 21.8 Å². The molecule has 7 nitrogen and oxygen atoms in total. The van der Waals surface area contributed by atoms with Gasteiger partial charge in [-0.15, -0.1) is 0 Å². The zero-order valence-corrected chi connectivity index (χ0v) is 14.2. The predicted octanol–water partition coefficient (Wildman–Crippen LogP) is 2.96. The molecule has 0 unspecified atom stereocenters. The summed E-state index contributed by atoms with van der Waals surface area (Å²) in [5.41, 5.74) is 13.9. The van der Waals surface area contributed by atoms with Gasteiger partial charge in [0.1, 0.15) is 11.6 Å². The Bertz CT molecular complexity index is 1110. The number of anilines is 3. The Balaban J connectivity index is 1.69. The number of nitrogens with zero attached hydrogens (tertiary/aromatic N) is 3. The average Bonchev–Trinajstić information content (AvgIpc) is 2.66. The minimum absolute atomic E-state index is 0.115. The van der Waals surface area contributed by atoms with E-state index < -0.39 is 0 Å². The molecule has 0 aliphatic carbocycles. The molecule has 0 fully saturated rings. The van der Waals surface area contributed by atoms with E-state index in [2.05, 4.69) is 38.5 Å². The summed E-state index contributed by atoms with van der Waals surface area (Å²) in [5.74, 6) is 1.26. The molecule has 4 aromatic rings.